The number of hydrogen-bond donors (Lipinski definition) is 0. The van der Waals surface area contributed by atoms with Gasteiger partial charge in [0.15, 0.2) is 0 Å². The van der Waals surface area contributed by atoms with Crippen LogP contribution in [-0.2, 0) is 0 Å². The van der Waals surface area contributed by atoms with Crippen molar-refractivity contribution in [1.82, 2.24) is 14.9 Å². The first-order valence-electron chi connectivity index (χ1n) is 7.53. The van der Waals surface area contributed by atoms with Crippen LogP contribution < -0.4 is 4.74 Å². The highest BCUT2D eigenvalue weighted by Gasteiger charge is 2.18. The maximum absolute atomic E-state index is 12.5. The van der Waals surface area contributed by atoms with Crippen molar-refractivity contribution in [2.75, 3.05) is 20.2 Å². The van der Waals surface area contributed by atoms with Crippen molar-refractivity contribution in [3.8, 4) is 17.1 Å². The number of hydrogen-bond acceptors (Lipinski definition) is 4. The zero-order valence-corrected chi connectivity index (χ0v) is 12.7. The average molecular weight is 297 g/mol. The van der Waals surface area contributed by atoms with Gasteiger partial charge in [0.05, 0.1) is 12.8 Å². The topological polar surface area (TPSA) is 55.3 Å². The second-order valence-electron chi connectivity index (χ2n) is 5.37. The Morgan fingerprint density at radius 2 is 1.95 bits per heavy atom. The normalized spacial score (nSPS) is 14.7. The van der Waals surface area contributed by atoms with Gasteiger partial charge in [0.25, 0.3) is 5.91 Å². The van der Waals surface area contributed by atoms with Crippen LogP contribution in [0.3, 0.4) is 0 Å². The predicted molar refractivity (Wildman–Crippen MR) is 83.8 cm³/mol. The molecule has 0 N–H and O–H groups in total. The molecule has 0 radical (unpaired) electrons. The summed E-state index contributed by atoms with van der Waals surface area (Å²) in [6, 6.07) is 7.29. The number of piperidine rings is 1. The number of likely N-dealkylation sites (tertiary alicyclic amines) is 1. The van der Waals surface area contributed by atoms with Crippen molar-refractivity contribution in [3.63, 3.8) is 0 Å². The van der Waals surface area contributed by atoms with Crippen LogP contribution in [0.25, 0.3) is 11.3 Å². The van der Waals surface area contributed by atoms with Gasteiger partial charge in [-0.15, -0.1) is 0 Å². The number of ether oxygens (including phenoxy) is 1. The molecule has 3 rings (SSSR count). The van der Waals surface area contributed by atoms with E-state index in [0.717, 1.165) is 37.2 Å². The second kappa shape index (κ2) is 6.56. The lowest BCUT2D eigenvalue weighted by molar-refractivity contribution is 0.0724. The lowest BCUT2D eigenvalue weighted by atomic mass is 10.1. The molecule has 0 atom stereocenters. The van der Waals surface area contributed by atoms with Crippen molar-refractivity contribution >= 4 is 5.91 Å². The van der Waals surface area contributed by atoms with Gasteiger partial charge in [-0.2, -0.15) is 0 Å². The molecule has 114 valence electrons. The van der Waals surface area contributed by atoms with Gasteiger partial charge in [-0.05, 0) is 37.5 Å². The summed E-state index contributed by atoms with van der Waals surface area (Å²) in [7, 11) is 1.58. The molecular formula is C17H19N3O2. The minimum absolute atomic E-state index is 0.0878. The number of carbonyl (C=O) groups is 1. The molecule has 1 amide bonds. The number of pyridine rings is 2. The van der Waals surface area contributed by atoms with E-state index in [1.165, 1.54) is 6.42 Å². The summed E-state index contributed by atoms with van der Waals surface area (Å²) in [4.78, 5) is 23.0. The van der Waals surface area contributed by atoms with Crippen LogP contribution in [0.4, 0.5) is 0 Å². The minimum Gasteiger partial charge on any atom is -0.481 e. The first kappa shape index (κ1) is 14.5. The molecule has 5 heteroatoms. The third kappa shape index (κ3) is 3.08. The maximum Gasteiger partial charge on any atom is 0.253 e. The molecule has 0 aromatic carbocycles. The van der Waals surface area contributed by atoms with Crippen LogP contribution in [0.5, 0.6) is 5.88 Å². The first-order valence-corrected chi connectivity index (χ1v) is 7.53. The number of methoxy groups -OCH3 is 1. The molecule has 0 unspecified atom stereocenters. The van der Waals surface area contributed by atoms with Crippen molar-refractivity contribution in [1.29, 1.82) is 0 Å². The van der Waals surface area contributed by atoms with Crippen LogP contribution in [0.1, 0.15) is 29.6 Å². The van der Waals surface area contributed by atoms with Crippen LogP contribution in [0, 0.1) is 0 Å². The van der Waals surface area contributed by atoms with Gasteiger partial charge < -0.3 is 9.64 Å². The average Bonchev–Trinajstić information content (AvgIpc) is 2.62. The second-order valence-corrected chi connectivity index (χ2v) is 5.37. The molecule has 0 aliphatic carbocycles. The third-order valence-electron chi connectivity index (χ3n) is 3.89. The fourth-order valence-electron chi connectivity index (χ4n) is 2.65. The highest BCUT2D eigenvalue weighted by Crippen LogP contribution is 2.20. The van der Waals surface area contributed by atoms with E-state index < -0.39 is 0 Å². The number of carbonyl (C=O) groups excluding carboxylic acids is 1. The fraction of sp³-hybridized carbons (Fsp3) is 0.353. The lowest BCUT2D eigenvalue weighted by Gasteiger charge is -2.26. The van der Waals surface area contributed by atoms with E-state index in [-0.39, 0.29) is 5.91 Å². The van der Waals surface area contributed by atoms with Gasteiger partial charge in [-0.3, -0.25) is 9.78 Å². The molecule has 1 aliphatic rings. The maximum atomic E-state index is 12.5. The monoisotopic (exact) mass is 297 g/mol. The molecule has 1 saturated heterocycles. The van der Waals surface area contributed by atoms with Gasteiger partial charge in [-0.1, -0.05) is 0 Å². The molecule has 5 nitrogen and oxygen atoms in total. The summed E-state index contributed by atoms with van der Waals surface area (Å²) < 4.78 is 5.05. The minimum atomic E-state index is 0.0878. The van der Waals surface area contributed by atoms with Crippen molar-refractivity contribution in [2.24, 2.45) is 0 Å². The molecule has 0 saturated carbocycles. The quantitative estimate of drug-likeness (QED) is 0.874. The van der Waals surface area contributed by atoms with Crippen LogP contribution >= 0.6 is 0 Å². The zero-order chi connectivity index (χ0) is 15.4. The van der Waals surface area contributed by atoms with Gasteiger partial charge in [0.2, 0.25) is 5.88 Å². The lowest BCUT2D eigenvalue weighted by Crippen LogP contribution is -2.35. The van der Waals surface area contributed by atoms with Gasteiger partial charge in [-0.25, -0.2) is 4.98 Å². The number of rotatable bonds is 3. The molecular weight excluding hydrogens is 278 g/mol. The highest BCUT2D eigenvalue weighted by molar-refractivity contribution is 5.95. The van der Waals surface area contributed by atoms with Crippen molar-refractivity contribution in [3.05, 3.63) is 42.2 Å². The molecule has 1 fully saturated rings. The third-order valence-corrected chi connectivity index (χ3v) is 3.89. The van der Waals surface area contributed by atoms with E-state index in [1.807, 2.05) is 17.0 Å². The molecule has 2 aromatic rings. The number of aromatic nitrogens is 2. The zero-order valence-electron chi connectivity index (χ0n) is 12.7. The van der Waals surface area contributed by atoms with Crippen LogP contribution in [-0.4, -0.2) is 41.0 Å². The van der Waals surface area contributed by atoms with E-state index in [0.29, 0.717) is 11.4 Å². The van der Waals surface area contributed by atoms with Gasteiger partial charge in [0.1, 0.15) is 0 Å². The van der Waals surface area contributed by atoms with Crippen molar-refractivity contribution in [2.45, 2.75) is 19.3 Å². The molecule has 0 bridgehead atoms. The Hall–Kier alpha value is -2.43. The van der Waals surface area contributed by atoms with Gasteiger partial charge >= 0.3 is 0 Å². The highest BCUT2D eigenvalue weighted by atomic mass is 16.5. The number of nitrogens with zero attached hydrogens (tertiary/aromatic N) is 3. The fourth-order valence-corrected chi connectivity index (χ4v) is 2.65. The van der Waals surface area contributed by atoms with E-state index in [1.54, 1.807) is 31.6 Å². The van der Waals surface area contributed by atoms with E-state index in [9.17, 15) is 4.79 Å². The van der Waals surface area contributed by atoms with E-state index in [2.05, 4.69) is 9.97 Å². The van der Waals surface area contributed by atoms with Crippen LogP contribution in [0.2, 0.25) is 0 Å². The standard InChI is InChI=1S/C17H19N3O2/c1-22-16-6-5-14(12-19-16)15-11-13(7-8-18-15)17(21)20-9-3-2-4-10-20/h5-8,11-12H,2-4,9-10H2,1H3. The van der Waals surface area contributed by atoms with E-state index in [4.69, 9.17) is 4.74 Å². The van der Waals surface area contributed by atoms with Gasteiger partial charge in [0, 0.05) is 42.7 Å². The Morgan fingerprint density at radius 1 is 1.14 bits per heavy atom. The van der Waals surface area contributed by atoms with Crippen LogP contribution in [0.15, 0.2) is 36.7 Å². The molecule has 0 spiro atoms. The number of amides is 1. The molecule has 3 heterocycles. The summed E-state index contributed by atoms with van der Waals surface area (Å²) in [5.41, 5.74) is 2.30. The molecule has 2 aromatic heterocycles. The molecule has 1 aliphatic heterocycles. The predicted octanol–water partition coefficient (Wildman–Crippen LogP) is 2.78. The van der Waals surface area contributed by atoms with E-state index >= 15 is 0 Å². The smallest absolute Gasteiger partial charge is 0.253 e. The summed E-state index contributed by atoms with van der Waals surface area (Å²) in [6.45, 7) is 1.70. The molecule has 22 heavy (non-hydrogen) atoms. The SMILES string of the molecule is COc1ccc(-c2cc(C(=O)N3CCCCC3)ccn2)cn1. The Bertz CT molecular complexity index is 649. The largest absolute Gasteiger partial charge is 0.481 e. The summed E-state index contributed by atoms with van der Waals surface area (Å²) >= 11 is 0. The Morgan fingerprint density at radius 3 is 2.64 bits per heavy atom. The Labute approximate surface area is 130 Å². The van der Waals surface area contributed by atoms with Crippen molar-refractivity contribution < 1.29 is 9.53 Å². The summed E-state index contributed by atoms with van der Waals surface area (Å²) in [5.74, 6) is 0.647. The summed E-state index contributed by atoms with van der Waals surface area (Å²) in [5, 5.41) is 0. The summed E-state index contributed by atoms with van der Waals surface area (Å²) in [6.07, 6.45) is 6.77. The Kier molecular flexibility index (Phi) is 4.32. The Balaban J connectivity index is 1.83. The first-order chi connectivity index (χ1) is 10.8.